The zero-order valence-electron chi connectivity index (χ0n) is 10.4. The number of hydrogen-bond donors (Lipinski definition) is 1. The summed E-state index contributed by atoms with van der Waals surface area (Å²) in [5, 5.41) is 9.03. The highest BCUT2D eigenvalue weighted by molar-refractivity contribution is 6.35. The fourth-order valence-corrected chi connectivity index (χ4v) is 1.95. The van der Waals surface area contributed by atoms with Gasteiger partial charge in [-0.25, -0.2) is 0 Å². The van der Waals surface area contributed by atoms with Gasteiger partial charge in [0.1, 0.15) is 11.6 Å². The van der Waals surface area contributed by atoms with Crippen molar-refractivity contribution in [2.45, 2.75) is 38.3 Å². The number of carbonyl (C=O) groups is 3. The smallest absolute Gasteiger partial charge is 0.249 e. The molecule has 0 aromatic rings. The number of nitrogens with zero attached hydrogens (tertiary/aromatic N) is 1. The summed E-state index contributed by atoms with van der Waals surface area (Å²) in [5.41, 5.74) is 0.378. The summed E-state index contributed by atoms with van der Waals surface area (Å²) >= 11 is 5.65. The van der Waals surface area contributed by atoms with Crippen LogP contribution in [0.5, 0.6) is 0 Å². The van der Waals surface area contributed by atoms with Gasteiger partial charge in [0.25, 0.3) is 0 Å². The van der Waals surface area contributed by atoms with Gasteiger partial charge in [-0.05, 0) is 12.5 Å². The molecule has 6 heteroatoms. The highest BCUT2D eigenvalue weighted by Crippen LogP contribution is 2.24. The number of allylic oxidation sites excluding steroid dienone is 1. The number of halogens is 1. The van der Waals surface area contributed by atoms with E-state index in [0.29, 0.717) is 5.57 Å². The van der Waals surface area contributed by atoms with Crippen LogP contribution in [-0.2, 0) is 14.4 Å². The van der Waals surface area contributed by atoms with Gasteiger partial charge in [-0.15, -0.1) is 11.6 Å². The van der Waals surface area contributed by atoms with Crippen molar-refractivity contribution in [3.05, 3.63) is 12.2 Å². The largest absolute Gasteiger partial charge is 0.373 e. The maximum Gasteiger partial charge on any atom is 0.249 e. The number of carbonyl (C=O) groups excluding carboxylic acids is 3. The van der Waals surface area contributed by atoms with Crippen LogP contribution >= 0.6 is 11.6 Å². The molecule has 100 valence electrons. The van der Waals surface area contributed by atoms with Crippen molar-refractivity contribution < 1.29 is 19.5 Å². The predicted molar refractivity (Wildman–Crippen MR) is 65.7 cm³/mol. The van der Waals surface area contributed by atoms with Crippen molar-refractivity contribution in [2.24, 2.45) is 5.92 Å². The molecule has 1 rings (SSSR count). The summed E-state index contributed by atoms with van der Waals surface area (Å²) < 4.78 is 0. The Balaban J connectivity index is 2.72. The third kappa shape index (κ3) is 2.97. The van der Waals surface area contributed by atoms with E-state index in [1.807, 2.05) is 0 Å². The zero-order chi connectivity index (χ0) is 14.0. The molecule has 2 amide bonds. The first-order chi connectivity index (χ1) is 8.25. The lowest BCUT2D eigenvalue weighted by atomic mass is 9.99. The van der Waals surface area contributed by atoms with E-state index in [1.54, 1.807) is 13.8 Å². The molecule has 0 aromatic heterocycles. The topological polar surface area (TPSA) is 74.7 Å². The second-order valence-corrected chi connectivity index (χ2v) is 5.10. The molecule has 0 saturated carbocycles. The molecule has 3 unspecified atom stereocenters. The van der Waals surface area contributed by atoms with Gasteiger partial charge in [-0.1, -0.05) is 13.5 Å². The first-order valence-corrected chi connectivity index (χ1v) is 6.06. The van der Waals surface area contributed by atoms with Gasteiger partial charge in [-0.3, -0.25) is 19.3 Å². The molecule has 0 aromatic carbocycles. The molecule has 1 N–H and O–H groups in total. The third-order valence-corrected chi connectivity index (χ3v) is 3.23. The number of likely N-dealkylation sites (tertiary alicyclic amines) is 1. The zero-order valence-corrected chi connectivity index (χ0v) is 11.1. The first-order valence-electron chi connectivity index (χ1n) is 5.62. The maximum absolute atomic E-state index is 11.6. The first kappa shape index (κ1) is 14.9. The summed E-state index contributed by atoms with van der Waals surface area (Å²) in [7, 11) is 0. The van der Waals surface area contributed by atoms with E-state index in [4.69, 9.17) is 11.6 Å². The Kier molecular flexibility index (Phi) is 4.65. The van der Waals surface area contributed by atoms with Crippen LogP contribution in [0.1, 0.15) is 26.7 Å². The van der Waals surface area contributed by atoms with Crippen LogP contribution in [0.4, 0.5) is 0 Å². The second-order valence-electron chi connectivity index (χ2n) is 4.57. The van der Waals surface area contributed by atoms with Crippen molar-refractivity contribution in [3.63, 3.8) is 0 Å². The van der Waals surface area contributed by atoms with E-state index >= 15 is 0 Å². The number of rotatable bonds is 5. The molecule has 0 radical (unpaired) electrons. The van der Waals surface area contributed by atoms with Crippen LogP contribution in [0.3, 0.4) is 0 Å². The van der Waals surface area contributed by atoms with E-state index < -0.39 is 29.3 Å². The number of ketones is 1. The molecular weight excluding hydrogens is 258 g/mol. The van der Waals surface area contributed by atoms with Crippen LogP contribution in [0, 0.1) is 5.92 Å². The maximum atomic E-state index is 11.6. The average Bonchev–Trinajstić information content (AvgIpc) is 2.52. The van der Waals surface area contributed by atoms with E-state index in [-0.39, 0.29) is 18.6 Å². The quantitative estimate of drug-likeness (QED) is 0.458. The Morgan fingerprint density at radius 2 is 2.17 bits per heavy atom. The lowest BCUT2D eigenvalue weighted by molar-refractivity contribution is -0.153. The Morgan fingerprint density at radius 1 is 1.61 bits per heavy atom. The Hall–Kier alpha value is -1.20. The summed E-state index contributed by atoms with van der Waals surface area (Å²) in [6.45, 7) is 6.67. The predicted octanol–water partition coefficient (Wildman–Crippen LogP) is 0.842. The molecule has 0 spiro atoms. The molecule has 18 heavy (non-hydrogen) atoms. The van der Waals surface area contributed by atoms with Crippen LogP contribution in [0.25, 0.3) is 0 Å². The van der Waals surface area contributed by atoms with Crippen molar-refractivity contribution in [1.29, 1.82) is 0 Å². The monoisotopic (exact) mass is 273 g/mol. The molecule has 5 nitrogen and oxygen atoms in total. The second kappa shape index (κ2) is 5.63. The minimum Gasteiger partial charge on any atom is -0.373 e. The van der Waals surface area contributed by atoms with Crippen molar-refractivity contribution in [3.8, 4) is 0 Å². The Bertz CT molecular complexity index is 407. The number of aliphatic hydroxyl groups excluding tert-OH is 1. The molecule has 1 fully saturated rings. The average molecular weight is 274 g/mol. The fourth-order valence-electron chi connectivity index (χ4n) is 1.72. The summed E-state index contributed by atoms with van der Waals surface area (Å²) in [6.07, 6.45) is -1.41. The number of Topliss-reactive ketones (excluding diaryl/α,β-unsaturated/α-hetero) is 1. The molecule has 0 bridgehead atoms. The van der Waals surface area contributed by atoms with Crippen LogP contribution in [0.15, 0.2) is 12.2 Å². The van der Waals surface area contributed by atoms with E-state index in [9.17, 15) is 19.5 Å². The highest BCUT2D eigenvalue weighted by Gasteiger charge is 2.42. The van der Waals surface area contributed by atoms with Crippen LogP contribution < -0.4 is 0 Å². The van der Waals surface area contributed by atoms with Gasteiger partial charge in [0.15, 0.2) is 5.78 Å². The summed E-state index contributed by atoms with van der Waals surface area (Å²) in [4.78, 5) is 35.3. The van der Waals surface area contributed by atoms with Gasteiger partial charge in [0, 0.05) is 12.3 Å². The van der Waals surface area contributed by atoms with Crippen molar-refractivity contribution in [2.75, 3.05) is 0 Å². The lowest BCUT2D eigenvalue weighted by Crippen LogP contribution is -2.44. The van der Waals surface area contributed by atoms with Crippen molar-refractivity contribution in [1.82, 2.24) is 4.90 Å². The van der Waals surface area contributed by atoms with Crippen molar-refractivity contribution >= 4 is 29.2 Å². The van der Waals surface area contributed by atoms with E-state index in [2.05, 4.69) is 6.58 Å². The van der Waals surface area contributed by atoms with Gasteiger partial charge in [0.2, 0.25) is 11.8 Å². The van der Waals surface area contributed by atoms with Gasteiger partial charge in [-0.2, -0.15) is 0 Å². The molecule has 1 aliphatic rings. The number of amides is 2. The molecule has 1 aliphatic heterocycles. The number of hydrogen-bond acceptors (Lipinski definition) is 4. The number of alkyl halides is 1. The number of imide groups is 1. The normalized spacial score (nSPS) is 23.1. The minimum absolute atomic E-state index is 0.0283. The highest BCUT2D eigenvalue weighted by atomic mass is 35.5. The summed E-state index contributed by atoms with van der Waals surface area (Å²) in [5.74, 6) is -1.88. The fraction of sp³-hybridized carbons (Fsp3) is 0.583. The van der Waals surface area contributed by atoms with Gasteiger partial charge >= 0.3 is 0 Å². The molecule has 1 heterocycles. The van der Waals surface area contributed by atoms with Crippen LogP contribution in [0.2, 0.25) is 0 Å². The van der Waals surface area contributed by atoms with Gasteiger partial charge < -0.3 is 5.11 Å². The summed E-state index contributed by atoms with van der Waals surface area (Å²) in [6, 6.07) is 0. The SMILES string of the molecule is C=C(C)C(=O)CC(C)C(O)N1C(=O)CC(Cl)C1=O. The molecule has 3 atom stereocenters. The molecule has 0 aliphatic carbocycles. The molecule has 1 saturated heterocycles. The third-order valence-electron chi connectivity index (χ3n) is 2.88. The molecular formula is C12H16ClNO4. The number of aliphatic hydroxyl groups is 1. The standard InChI is InChI=1S/C12H16ClNO4/c1-6(2)9(15)4-7(3)11(17)14-10(16)5-8(13)12(14)18/h7-8,11,17H,1,4-5H2,2-3H3. The Morgan fingerprint density at radius 3 is 2.56 bits per heavy atom. The van der Waals surface area contributed by atoms with E-state index in [1.165, 1.54) is 0 Å². The van der Waals surface area contributed by atoms with Gasteiger partial charge in [0.05, 0.1) is 6.42 Å². The van der Waals surface area contributed by atoms with E-state index in [0.717, 1.165) is 4.90 Å². The minimum atomic E-state index is -1.32. The Labute approximate surface area is 110 Å². The van der Waals surface area contributed by atoms with Crippen LogP contribution in [-0.4, -0.2) is 39.2 Å². The lowest BCUT2D eigenvalue weighted by Gasteiger charge is -2.26.